The minimum absolute atomic E-state index is 0.224. The van der Waals surface area contributed by atoms with Gasteiger partial charge in [0.1, 0.15) is 0 Å². The molecule has 1 aromatic carbocycles. The number of nitrogens with one attached hydrogen (secondary N) is 1. The fourth-order valence-corrected chi connectivity index (χ4v) is 1.87. The second kappa shape index (κ2) is 4.94. The van der Waals surface area contributed by atoms with Crippen LogP contribution in [0.1, 0.15) is 24.1 Å². The van der Waals surface area contributed by atoms with E-state index in [0.29, 0.717) is 0 Å². The number of nitrogens with zero attached hydrogens (tertiary/aromatic N) is 2. The molecule has 3 nitrogen and oxygen atoms in total. The predicted octanol–water partition coefficient (Wildman–Crippen LogP) is 2.21. The first kappa shape index (κ1) is 10.9. The molecular formula is C13H17N3. The average Bonchev–Trinajstić information content (AvgIpc) is 2.80. The summed E-state index contributed by atoms with van der Waals surface area (Å²) in [5, 5.41) is 7.62. The highest BCUT2D eigenvalue weighted by Crippen LogP contribution is 2.20. The summed E-state index contributed by atoms with van der Waals surface area (Å²) in [6.45, 7) is 3.00. The fourth-order valence-electron chi connectivity index (χ4n) is 1.87. The molecule has 1 atom stereocenters. The van der Waals surface area contributed by atoms with Crippen molar-refractivity contribution in [3.8, 4) is 0 Å². The first-order valence-corrected chi connectivity index (χ1v) is 5.59. The van der Waals surface area contributed by atoms with E-state index in [2.05, 4.69) is 47.8 Å². The van der Waals surface area contributed by atoms with Gasteiger partial charge in [-0.2, -0.15) is 5.10 Å². The standard InChI is InChI=1S/C13H17N3/c1-3-16-10-12(9-15-16)13(14-2)11-7-5-4-6-8-11/h4-10,13-14H,3H2,1-2H3. The SMILES string of the molecule is CCn1cc(C(NC)c2ccccc2)cn1. The lowest BCUT2D eigenvalue weighted by atomic mass is 10.0. The van der Waals surface area contributed by atoms with Gasteiger partial charge in [0.2, 0.25) is 0 Å². The van der Waals surface area contributed by atoms with Gasteiger partial charge in [-0.25, -0.2) is 0 Å². The molecule has 0 bridgehead atoms. The van der Waals surface area contributed by atoms with Gasteiger partial charge in [0.15, 0.2) is 0 Å². The van der Waals surface area contributed by atoms with Crippen molar-refractivity contribution >= 4 is 0 Å². The molecule has 2 aromatic rings. The minimum Gasteiger partial charge on any atom is -0.309 e. The second-order valence-electron chi connectivity index (χ2n) is 3.76. The summed E-state index contributed by atoms with van der Waals surface area (Å²) < 4.78 is 1.95. The monoisotopic (exact) mass is 215 g/mol. The van der Waals surface area contributed by atoms with E-state index in [1.165, 1.54) is 11.1 Å². The molecule has 1 unspecified atom stereocenters. The Hall–Kier alpha value is -1.61. The van der Waals surface area contributed by atoms with Crippen molar-refractivity contribution in [3.63, 3.8) is 0 Å². The van der Waals surface area contributed by atoms with Crippen LogP contribution >= 0.6 is 0 Å². The molecule has 0 saturated carbocycles. The van der Waals surface area contributed by atoms with Gasteiger partial charge in [-0.3, -0.25) is 4.68 Å². The van der Waals surface area contributed by atoms with Gasteiger partial charge in [0.05, 0.1) is 12.2 Å². The van der Waals surface area contributed by atoms with Gasteiger partial charge in [0.25, 0.3) is 0 Å². The fraction of sp³-hybridized carbons (Fsp3) is 0.308. The molecule has 0 aliphatic heterocycles. The Morgan fingerprint density at radius 1 is 1.25 bits per heavy atom. The Balaban J connectivity index is 2.29. The number of aryl methyl sites for hydroxylation is 1. The summed E-state index contributed by atoms with van der Waals surface area (Å²) in [6.07, 6.45) is 4.02. The maximum Gasteiger partial charge on any atom is 0.0605 e. The van der Waals surface area contributed by atoms with E-state index in [1.54, 1.807) is 0 Å². The van der Waals surface area contributed by atoms with Gasteiger partial charge in [0, 0.05) is 18.3 Å². The minimum atomic E-state index is 0.224. The average molecular weight is 215 g/mol. The van der Waals surface area contributed by atoms with Gasteiger partial charge in [-0.1, -0.05) is 30.3 Å². The van der Waals surface area contributed by atoms with Gasteiger partial charge < -0.3 is 5.32 Å². The summed E-state index contributed by atoms with van der Waals surface area (Å²) in [5.41, 5.74) is 2.47. The number of aromatic nitrogens is 2. The van der Waals surface area contributed by atoms with Crippen molar-refractivity contribution in [1.82, 2.24) is 15.1 Å². The molecule has 0 aliphatic carbocycles. The third kappa shape index (κ3) is 2.14. The Bertz CT molecular complexity index is 433. The van der Waals surface area contributed by atoms with E-state index in [4.69, 9.17) is 0 Å². The maximum absolute atomic E-state index is 4.31. The molecule has 84 valence electrons. The maximum atomic E-state index is 4.31. The Morgan fingerprint density at radius 3 is 2.56 bits per heavy atom. The summed E-state index contributed by atoms with van der Waals surface area (Å²) in [5.74, 6) is 0. The third-order valence-corrected chi connectivity index (χ3v) is 2.73. The van der Waals surface area contributed by atoms with Crippen molar-refractivity contribution in [2.24, 2.45) is 0 Å². The number of hydrogen-bond acceptors (Lipinski definition) is 2. The summed E-state index contributed by atoms with van der Waals surface area (Å²) in [7, 11) is 1.97. The van der Waals surface area contributed by atoms with E-state index in [1.807, 2.05) is 24.0 Å². The van der Waals surface area contributed by atoms with Crippen LogP contribution in [-0.4, -0.2) is 16.8 Å². The normalized spacial score (nSPS) is 12.6. The molecule has 0 spiro atoms. The van der Waals surface area contributed by atoms with Crippen molar-refractivity contribution < 1.29 is 0 Å². The first-order chi connectivity index (χ1) is 7.85. The number of rotatable bonds is 4. The van der Waals surface area contributed by atoms with Crippen molar-refractivity contribution in [3.05, 3.63) is 53.9 Å². The molecule has 1 aromatic heterocycles. The van der Waals surface area contributed by atoms with E-state index in [-0.39, 0.29) is 6.04 Å². The van der Waals surface area contributed by atoms with Gasteiger partial charge in [-0.15, -0.1) is 0 Å². The van der Waals surface area contributed by atoms with E-state index < -0.39 is 0 Å². The zero-order chi connectivity index (χ0) is 11.4. The molecule has 0 aliphatic rings. The zero-order valence-corrected chi connectivity index (χ0v) is 9.72. The molecule has 1 N–H and O–H groups in total. The summed E-state index contributed by atoms with van der Waals surface area (Å²) >= 11 is 0. The Morgan fingerprint density at radius 2 is 2.00 bits per heavy atom. The van der Waals surface area contributed by atoms with E-state index in [9.17, 15) is 0 Å². The van der Waals surface area contributed by atoms with Crippen LogP contribution in [0.2, 0.25) is 0 Å². The molecule has 3 heteroatoms. The molecule has 0 saturated heterocycles. The zero-order valence-electron chi connectivity index (χ0n) is 9.72. The lowest BCUT2D eigenvalue weighted by molar-refractivity contribution is 0.653. The van der Waals surface area contributed by atoms with Crippen LogP contribution in [0.25, 0.3) is 0 Å². The molecule has 0 fully saturated rings. The van der Waals surface area contributed by atoms with Crippen LogP contribution < -0.4 is 5.32 Å². The highest BCUT2D eigenvalue weighted by molar-refractivity contribution is 5.28. The number of benzene rings is 1. The third-order valence-electron chi connectivity index (χ3n) is 2.73. The highest BCUT2D eigenvalue weighted by Gasteiger charge is 2.12. The second-order valence-corrected chi connectivity index (χ2v) is 3.76. The van der Waals surface area contributed by atoms with Gasteiger partial charge >= 0.3 is 0 Å². The molecule has 0 amide bonds. The Kier molecular flexibility index (Phi) is 3.37. The van der Waals surface area contributed by atoms with Crippen molar-refractivity contribution in [2.75, 3.05) is 7.05 Å². The summed E-state index contributed by atoms with van der Waals surface area (Å²) in [4.78, 5) is 0. The molecule has 16 heavy (non-hydrogen) atoms. The molecule has 2 rings (SSSR count). The quantitative estimate of drug-likeness (QED) is 0.847. The largest absolute Gasteiger partial charge is 0.309 e. The van der Waals surface area contributed by atoms with Crippen LogP contribution in [0.3, 0.4) is 0 Å². The molecular weight excluding hydrogens is 198 g/mol. The van der Waals surface area contributed by atoms with Crippen LogP contribution in [-0.2, 0) is 6.54 Å². The van der Waals surface area contributed by atoms with Crippen LogP contribution in [0.5, 0.6) is 0 Å². The van der Waals surface area contributed by atoms with Crippen molar-refractivity contribution in [2.45, 2.75) is 19.5 Å². The number of hydrogen-bond donors (Lipinski definition) is 1. The van der Waals surface area contributed by atoms with Crippen LogP contribution in [0.15, 0.2) is 42.7 Å². The smallest absolute Gasteiger partial charge is 0.0605 e. The molecule has 1 heterocycles. The summed E-state index contributed by atoms with van der Waals surface area (Å²) in [6, 6.07) is 10.6. The Labute approximate surface area is 96.1 Å². The van der Waals surface area contributed by atoms with Gasteiger partial charge in [-0.05, 0) is 19.5 Å². The van der Waals surface area contributed by atoms with Crippen molar-refractivity contribution in [1.29, 1.82) is 0 Å². The van der Waals surface area contributed by atoms with E-state index >= 15 is 0 Å². The topological polar surface area (TPSA) is 29.9 Å². The van der Waals surface area contributed by atoms with Crippen LogP contribution in [0.4, 0.5) is 0 Å². The predicted molar refractivity (Wildman–Crippen MR) is 65.2 cm³/mol. The lowest BCUT2D eigenvalue weighted by Crippen LogP contribution is -2.16. The van der Waals surface area contributed by atoms with Crippen LogP contribution in [0, 0.1) is 0 Å². The van der Waals surface area contributed by atoms with E-state index in [0.717, 1.165) is 6.54 Å². The first-order valence-electron chi connectivity index (χ1n) is 5.59. The lowest BCUT2D eigenvalue weighted by Gasteiger charge is -2.14. The molecule has 0 radical (unpaired) electrons. The highest BCUT2D eigenvalue weighted by atomic mass is 15.3.